The number of benzene rings is 1. The van der Waals surface area contributed by atoms with E-state index < -0.39 is 0 Å². The highest BCUT2D eigenvalue weighted by Crippen LogP contribution is 2.26. The number of aryl methyl sites for hydroxylation is 2. The summed E-state index contributed by atoms with van der Waals surface area (Å²) in [5, 5.41) is 4.13. The summed E-state index contributed by atoms with van der Waals surface area (Å²) in [5.41, 5.74) is 1.10. The molecule has 3 aromatic rings. The maximum Gasteiger partial charge on any atom is 0.226 e. The van der Waals surface area contributed by atoms with Gasteiger partial charge in [-0.3, -0.25) is 4.79 Å². The SMILES string of the molecule is Cc1ccc(CCC(=O)Nc2ncc(Cc3ccc(Br)c(Cl)c3)s2)o1. The standard InChI is InChI=1S/C18H16BrClN2O2S/c1-11-2-4-13(24-11)5-7-17(23)22-18-21-10-14(25-18)8-12-3-6-15(19)16(20)9-12/h2-4,6,9-10H,5,7-8H2,1H3,(H,21,22,23). The van der Waals surface area contributed by atoms with E-state index in [1.165, 1.54) is 11.3 Å². The average molecular weight is 440 g/mol. The first-order valence-electron chi connectivity index (χ1n) is 7.73. The van der Waals surface area contributed by atoms with Crippen LogP contribution in [0.15, 0.2) is 45.4 Å². The Morgan fingerprint density at radius 1 is 1.36 bits per heavy atom. The van der Waals surface area contributed by atoms with Gasteiger partial charge in [0.25, 0.3) is 0 Å². The predicted molar refractivity (Wildman–Crippen MR) is 104 cm³/mol. The van der Waals surface area contributed by atoms with Crippen molar-refractivity contribution >= 4 is 49.9 Å². The maximum atomic E-state index is 12.0. The highest BCUT2D eigenvalue weighted by Gasteiger charge is 2.09. The minimum absolute atomic E-state index is 0.0679. The Morgan fingerprint density at radius 3 is 2.92 bits per heavy atom. The highest BCUT2D eigenvalue weighted by atomic mass is 79.9. The molecule has 130 valence electrons. The molecule has 1 amide bonds. The van der Waals surface area contributed by atoms with Crippen LogP contribution < -0.4 is 5.32 Å². The van der Waals surface area contributed by atoms with Crippen molar-refractivity contribution in [2.75, 3.05) is 5.32 Å². The van der Waals surface area contributed by atoms with Crippen molar-refractivity contribution in [3.8, 4) is 0 Å². The summed E-state index contributed by atoms with van der Waals surface area (Å²) in [6.07, 6.45) is 3.46. The van der Waals surface area contributed by atoms with E-state index in [-0.39, 0.29) is 5.91 Å². The number of halogens is 2. The molecule has 0 saturated heterocycles. The first kappa shape index (κ1) is 18.2. The second-order valence-corrected chi connectivity index (χ2v) is 7.99. The second kappa shape index (κ2) is 8.17. The lowest BCUT2D eigenvalue weighted by molar-refractivity contribution is -0.116. The first-order valence-corrected chi connectivity index (χ1v) is 9.72. The summed E-state index contributed by atoms with van der Waals surface area (Å²) in [5.74, 6) is 1.61. The molecule has 1 aromatic carbocycles. The number of hydrogen-bond acceptors (Lipinski definition) is 4. The van der Waals surface area contributed by atoms with E-state index in [9.17, 15) is 4.79 Å². The molecule has 0 atom stereocenters. The molecule has 7 heteroatoms. The summed E-state index contributed by atoms with van der Waals surface area (Å²) in [4.78, 5) is 17.4. The number of rotatable bonds is 6. The molecule has 1 N–H and O–H groups in total. The van der Waals surface area contributed by atoms with E-state index >= 15 is 0 Å². The molecule has 0 spiro atoms. The van der Waals surface area contributed by atoms with Gasteiger partial charge in [-0.1, -0.05) is 17.7 Å². The van der Waals surface area contributed by atoms with E-state index in [1.807, 2.05) is 37.3 Å². The van der Waals surface area contributed by atoms with Gasteiger partial charge in [0.05, 0.1) is 5.02 Å². The number of nitrogens with one attached hydrogen (secondary N) is 1. The van der Waals surface area contributed by atoms with Crippen LogP contribution in [0, 0.1) is 6.92 Å². The molecule has 25 heavy (non-hydrogen) atoms. The number of anilines is 1. The third kappa shape index (κ3) is 5.17. The molecule has 2 aromatic heterocycles. The highest BCUT2D eigenvalue weighted by molar-refractivity contribution is 9.10. The van der Waals surface area contributed by atoms with Crippen molar-refractivity contribution in [1.82, 2.24) is 4.98 Å². The molecule has 0 saturated carbocycles. The zero-order valence-corrected chi connectivity index (χ0v) is 16.7. The zero-order valence-electron chi connectivity index (χ0n) is 13.5. The number of nitrogens with zero attached hydrogens (tertiary/aromatic N) is 1. The number of carbonyl (C=O) groups is 1. The summed E-state index contributed by atoms with van der Waals surface area (Å²) in [6, 6.07) is 9.66. The van der Waals surface area contributed by atoms with Gasteiger partial charge in [-0.25, -0.2) is 4.98 Å². The van der Waals surface area contributed by atoms with Crippen molar-refractivity contribution in [1.29, 1.82) is 0 Å². The smallest absolute Gasteiger partial charge is 0.226 e. The summed E-state index contributed by atoms with van der Waals surface area (Å²) >= 11 is 11.0. The Hall–Kier alpha value is -1.63. The Morgan fingerprint density at radius 2 is 2.20 bits per heavy atom. The second-order valence-electron chi connectivity index (χ2n) is 5.62. The molecular formula is C18H16BrClN2O2S. The topological polar surface area (TPSA) is 55.1 Å². The van der Waals surface area contributed by atoms with Gasteiger partial charge in [-0.15, -0.1) is 11.3 Å². The number of thiazole rings is 1. The van der Waals surface area contributed by atoms with Crippen LogP contribution in [-0.4, -0.2) is 10.9 Å². The third-order valence-electron chi connectivity index (χ3n) is 3.56. The van der Waals surface area contributed by atoms with Crippen LogP contribution in [-0.2, 0) is 17.6 Å². The number of furan rings is 1. The summed E-state index contributed by atoms with van der Waals surface area (Å²) in [7, 11) is 0. The predicted octanol–water partition coefficient (Wildman–Crippen LogP) is 5.62. The Kier molecular flexibility index (Phi) is 5.93. The molecule has 4 nitrogen and oxygen atoms in total. The van der Waals surface area contributed by atoms with Gasteiger partial charge >= 0.3 is 0 Å². The van der Waals surface area contributed by atoms with Gasteiger partial charge in [0.2, 0.25) is 5.91 Å². The fourth-order valence-corrected chi connectivity index (χ4v) is 3.65. The van der Waals surface area contributed by atoms with Crippen LogP contribution in [0.3, 0.4) is 0 Å². The van der Waals surface area contributed by atoms with Crippen molar-refractivity contribution in [3.05, 3.63) is 68.0 Å². The molecule has 0 aliphatic heterocycles. The van der Waals surface area contributed by atoms with E-state index in [0.29, 0.717) is 23.0 Å². The van der Waals surface area contributed by atoms with E-state index in [1.54, 1.807) is 6.20 Å². The maximum absolute atomic E-state index is 12.0. The minimum Gasteiger partial charge on any atom is -0.466 e. The van der Waals surface area contributed by atoms with Crippen molar-refractivity contribution < 1.29 is 9.21 Å². The largest absolute Gasteiger partial charge is 0.466 e. The lowest BCUT2D eigenvalue weighted by Gasteiger charge is -2.01. The van der Waals surface area contributed by atoms with Gasteiger partial charge in [0.15, 0.2) is 5.13 Å². The molecule has 0 bridgehead atoms. The van der Waals surface area contributed by atoms with E-state index in [4.69, 9.17) is 16.0 Å². The number of hydrogen-bond donors (Lipinski definition) is 1. The van der Waals surface area contributed by atoms with Gasteiger partial charge in [0, 0.05) is 34.8 Å². The molecule has 2 heterocycles. The molecule has 0 unspecified atom stereocenters. The Labute approximate surface area is 163 Å². The fourth-order valence-electron chi connectivity index (χ4n) is 2.34. The normalized spacial score (nSPS) is 10.8. The van der Waals surface area contributed by atoms with Gasteiger partial charge < -0.3 is 9.73 Å². The zero-order chi connectivity index (χ0) is 17.8. The van der Waals surface area contributed by atoms with E-state index in [0.717, 1.165) is 32.9 Å². The quantitative estimate of drug-likeness (QED) is 0.542. The Balaban J connectivity index is 1.53. The van der Waals surface area contributed by atoms with Crippen LogP contribution in [0.1, 0.15) is 28.4 Å². The lowest BCUT2D eigenvalue weighted by atomic mass is 10.1. The van der Waals surface area contributed by atoms with Crippen molar-refractivity contribution in [2.24, 2.45) is 0 Å². The molecule has 0 fully saturated rings. The van der Waals surface area contributed by atoms with Crippen LogP contribution >= 0.6 is 38.9 Å². The van der Waals surface area contributed by atoms with Crippen LogP contribution in [0.4, 0.5) is 5.13 Å². The number of aromatic nitrogens is 1. The summed E-state index contributed by atoms with van der Waals surface area (Å²) < 4.78 is 6.34. The monoisotopic (exact) mass is 438 g/mol. The number of amides is 1. The minimum atomic E-state index is -0.0679. The summed E-state index contributed by atoms with van der Waals surface area (Å²) in [6.45, 7) is 1.89. The van der Waals surface area contributed by atoms with Gasteiger partial charge in [-0.05, 0) is 52.7 Å². The lowest BCUT2D eigenvalue weighted by Crippen LogP contribution is -2.11. The van der Waals surface area contributed by atoms with Crippen LogP contribution in [0.25, 0.3) is 0 Å². The molecule has 0 aliphatic carbocycles. The third-order valence-corrected chi connectivity index (χ3v) is 5.70. The Bertz CT molecular complexity index is 891. The molecule has 0 aliphatic rings. The van der Waals surface area contributed by atoms with Crippen LogP contribution in [0.5, 0.6) is 0 Å². The number of carbonyl (C=O) groups excluding carboxylic acids is 1. The molecule has 0 radical (unpaired) electrons. The molecular weight excluding hydrogens is 424 g/mol. The van der Waals surface area contributed by atoms with Gasteiger partial charge in [0.1, 0.15) is 11.5 Å². The average Bonchev–Trinajstić information content (AvgIpc) is 3.18. The fraction of sp³-hybridized carbons (Fsp3) is 0.222. The van der Waals surface area contributed by atoms with Crippen molar-refractivity contribution in [2.45, 2.75) is 26.2 Å². The van der Waals surface area contributed by atoms with Crippen LogP contribution in [0.2, 0.25) is 5.02 Å². The van der Waals surface area contributed by atoms with E-state index in [2.05, 4.69) is 26.2 Å². The van der Waals surface area contributed by atoms with Gasteiger partial charge in [-0.2, -0.15) is 0 Å². The van der Waals surface area contributed by atoms with Crippen molar-refractivity contribution in [3.63, 3.8) is 0 Å². The molecule has 3 rings (SSSR count). The first-order chi connectivity index (χ1) is 12.0.